The second-order valence-electron chi connectivity index (χ2n) is 4.30. The number of hydrogen-bond acceptors (Lipinski definition) is 3. The third-order valence-corrected chi connectivity index (χ3v) is 5.13. The van der Waals surface area contributed by atoms with Gasteiger partial charge in [0.1, 0.15) is 6.04 Å². The first-order chi connectivity index (χ1) is 8.18. The number of thiophene rings is 1. The molecule has 1 aromatic heterocycles. The van der Waals surface area contributed by atoms with Gasteiger partial charge in [-0.05, 0) is 39.7 Å². The fourth-order valence-corrected chi connectivity index (χ4v) is 3.84. The zero-order valence-electron chi connectivity index (χ0n) is 9.06. The molecule has 4 nitrogen and oxygen atoms in total. The number of hydrogen-bond donors (Lipinski definition) is 0. The second-order valence-corrected chi connectivity index (χ2v) is 5.90. The topological polar surface area (TPSA) is 40.6 Å². The van der Waals surface area contributed by atoms with Gasteiger partial charge in [-0.15, -0.1) is 0 Å². The van der Waals surface area contributed by atoms with Gasteiger partial charge in [0.15, 0.2) is 0 Å². The monoisotopic (exact) mass is 314 g/mol. The number of fused-ring (bicyclic) bond motifs is 1. The van der Waals surface area contributed by atoms with Crippen molar-refractivity contribution in [3.05, 3.63) is 20.8 Å². The summed E-state index contributed by atoms with van der Waals surface area (Å²) in [6.07, 6.45) is 1.75. The van der Waals surface area contributed by atoms with Gasteiger partial charge in [-0.3, -0.25) is 9.69 Å². The molecule has 6 heteroatoms. The molecule has 0 bridgehead atoms. The molecule has 0 spiro atoms. The lowest BCUT2D eigenvalue weighted by atomic mass is 10.2. The minimum absolute atomic E-state index is 0.0365. The van der Waals surface area contributed by atoms with E-state index in [2.05, 4.69) is 15.9 Å². The Morgan fingerprint density at radius 2 is 2.24 bits per heavy atom. The first-order valence-corrected chi connectivity index (χ1v) is 7.24. The third kappa shape index (κ3) is 1.70. The molecule has 3 heterocycles. The Morgan fingerprint density at radius 3 is 2.88 bits per heavy atom. The second kappa shape index (κ2) is 4.10. The largest absolute Gasteiger partial charge is 0.327 e. The van der Waals surface area contributed by atoms with Crippen molar-refractivity contribution < 1.29 is 9.59 Å². The predicted molar refractivity (Wildman–Crippen MR) is 67.7 cm³/mol. The lowest BCUT2D eigenvalue weighted by Gasteiger charge is -2.14. The highest BCUT2D eigenvalue weighted by molar-refractivity contribution is 9.10. The average molecular weight is 315 g/mol. The summed E-state index contributed by atoms with van der Waals surface area (Å²) in [6, 6.07) is -0.324. The van der Waals surface area contributed by atoms with Gasteiger partial charge >= 0.3 is 6.03 Å². The van der Waals surface area contributed by atoms with E-state index in [0.717, 1.165) is 29.4 Å². The van der Waals surface area contributed by atoms with Crippen LogP contribution in [0.1, 0.15) is 18.4 Å². The van der Waals surface area contributed by atoms with Crippen LogP contribution < -0.4 is 0 Å². The molecule has 3 rings (SSSR count). The first kappa shape index (κ1) is 11.2. The molecule has 2 aliphatic heterocycles. The molecule has 0 aliphatic carbocycles. The van der Waals surface area contributed by atoms with Gasteiger partial charge in [0.05, 0.1) is 6.54 Å². The van der Waals surface area contributed by atoms with Gasteiger partial charge in [0, 0.05) is 16.4 Å². The van der Waals surface area contributed by atoms with Gasteiger partial charge < -0.3 is 4.90 Å². The summed E-state index contributed by atoms with van der Waals surface area (Å²) in [5, 5.41) is 3.93. The third-order valence-electron chi connectivity index (χ3n) is 3.30. The molecule has 90 valence electrons. The van der Waals surface area contributed by atoms with E-state index >= 15 is 0 Å². The van der Waals surface area contributed by atoms with E-state index in [0.29, 0.717) is 6.54 Å². The fraction of sp³-hybridized carbons (Fsp3) is 0.455. The van der Waals surface area contributed by atoms with Crippen molar-refractivity contribution in [3.63, 3.8) is 0 Å². The molecular formula is C11H11BrN2O2S. The van der Waals surface area contributed by atoms with E-state index in [1.54, 1.807) is 16.2 Å². The maximum Gasteiger partial charge on any atom is 0.327 e. The lowest BCUT2D eigenvalue weighted by molar-refractivity contribution is -0.128. The van der Waals surface area contributed by atoms with Gasteiger partial charge in [0.25, 0.3) is 5.91 Å². The number of carbonyl (C=O) groups excluding carboxylic acids is 2. The number of imide groups is 1. The van der Waals surface area contributed by atoms with Crippen LogP contribution >= 0.6 is 27.3 Å². The fourth-order valence-electron chi connectivity index (χ4n) is 2.42. The number of carbonyl (C=O) groups is 2. The van der Waals surface area contributed by atoms with Gasteiger partial charge in [-0.25, -0.2) is 4.79 Å². The Labute approximate surface area is 111 Å². The Balaban J connectivity index is 1.83. The SMILES string of the molecule is O=C1C2CCCN2C(=O)N1Cc1cscc1Br. The molecule has 0 saturated carbocycles. The maximum absolute atomic E-state index is 12.1. The molecule has 17 heavy (non-hydrogen) atoms. The molecule has 0 N–H and O–H groups in total. The van der Waals surface area contributed by atoms with Crippen molar-refractivity contribution in [1.82, 2.24) is 9.80 Å². The number of halogens is 1. The Morgan fingerprint density at radius 1 is 1.41 bits per heavy atom. The highest BCUT2D eigenvalue weighted by Gasteiger charge is 2.47. The Hall–Kier alpha value is -0.880. The highest BCUT2D eigenvalue weighted by atomic mass is 79.9. The molecular weight excluding hydrogens is 304 g/mol. The predicted octanol–water partition coefficient (Wildman–Crippen LogP) is 2.44. The highest BCUT2D eigenvalue weighted by Crippen LogP contribution is 2.30. The van der Waals surface area contributed by atoms with Crippen LogP contribution in [0, 0.1) is 0 Å². The van der Waals surface area contributed by atoms with E-state index in [1.807, 2.05) is 10.8 Å². The molecule has 2 fully saturated rings. The van der Waals surface area contributed by atoms with Crippen molar-refractivity contribution in [1.29, 1.82) is 0 Å². The normalized spacial score (nSPS) is 23.7. The average Bonchev–Trinajstić information content (AvgIpc) is 2.97. The minimum atomic E-state index is -0.195. The number of nitrogens with zero attached hydrogens (tertiary/aromatic N) is 2. The summed E-state index contributed by atoms with van der Waals surface area (Å²) in [6.45, 7) is 1.10. The maximum atomic E-state index is 12.1. The summed E-state index contributed by atoms with van der Waals surface area (Å²) in [5.41, 5.74) is 0.998. The lowest BCUT2D eigenvalue weighted by Crippen LogP contribution is -2.32. The smallest absolute Gasteiger partial charge is 0.312 e. The van der Waals surface area contributed by atoms with Crippen molar-refractivity contribution in [2.45, 2.75) is 25.4 Å². The van der Waals surface area contributed by atoms with Crippen LogP contribution in [0.25, 0.3) is 0 Å². The van der Waals surface area contributed by atoms with E-state index < -0.39 is 0 Å². The van der Waals surface area contributed by atoms with E-state index in [4.69, 9.17) is 0 Å². The van der Waals surface area contributed by atoms with Crippen LogP contribution in [0.2, 0.25) is 0 Å². The number of urea groups is 1. The summed E-state index contributed by atoms with van der Waals surface area (Å²) in [7, 11) is 0. The zero-order chi connectivity index (χ0) is 12.0. The van der Waals surface area contributed by atoms with Crippen molar-refractivity contribution in [3.8, 4) is 0 Å². The first-order valence-electron chi connectivity index (χ1n) is 5.51. The van der Waals surface area contributed by atoms with Crippen LogP contribution in [-0.4, -0.2) is 34.3 Å². The molecule has 0 aromatic carbocycles. The molecule has 1 aromatic rings. The minimum Gasteiger partial charge on any atom is -0.312 e. The summed E-state index contributed by atoms with van der Waals surface area (Å²) < 4.78 is 0.968. The van der Waals surface area contributed by atoms with Crippen molar-refractivity contribution >= 4 is 39.2 Å². The number of rotatable bonds is 2. The van der Waals surface area contributed by atoms with Crippen LogP contribution in [0.5, 0.6) is 0 Å². The number of amides is 3. The van der Waals surface area contributed by atoms with Crippen molar-refractivity contribution in [2.75, 3.05) is 6.54 Å². The Kier molecular flexibility index (Phi) is 2.71. The van der Waals surface area contributed by atoms with Crippen LogP contribution in [0.15, 0.2) is 15.2 Å². The quantitative estimate of drug-likeness (QED) is 0.787. The summed E-state index contributed by atoms with van der Waals surface area (Å²) in [5.74, 6) is -0.0365. The molecule has 3 amide bonds. The molecule has 2 saturated heterocycles. The van der Waals surface area contributed by atoms with E-state index in [9.17, 15) is 9.59 Å². The van der Waals surface area contributed by atoms with Crippen LogP contribution in [0.4, 0.5) is 4.79 Å². The van der Waals surface area contributed by atoms with E-state index in [-0.39, 0.29) is 18.0 Å². The molecule has 1 unspecified atom stereocenters. The van der Waals surface area contributed by atoms with Gasteiger partial charge in [-0.2, -0.15) is 11.3 Å². The standard InChI is InChI=1S/C11H11BrN2O2S/c12-8-6-17-5-7(8)4-14-10(15)9-2-1-3-13(9)11(14)16/h5-6,9H,1-4H2. The van der Waals surface area contributed by atoms with Crippen LogP contribution in [-0.2, 0) is 11.3 Å². The molecule has 2 aliphatic rings. The van der Waals surface area contributed by atoms with E-state index in [1.165, 1.54) is 4.90 Å². The van der Waals surface area contributed by atoms with Gasteiger partial charge in [0.2, 0.25) is 0 Å². The summed E-state index contributed by atoms with van der Waals surface area (Å²) >= 11 is 4.99. The van der Waals surface area contributed by atoms with Gasteiger partial charge in [-0.1, -0.05) is 0 Å². The summed E-state index contributed by atoms with van der Waals surface area (Å²) in [4.78, 5) is 27.2. The van der Waals surface area contributed by atoms with Crippen molar-refractivity contribution in [2.24, 2.45) is 0 Å². The zero-order valence-corrected chi connectivity index (χ0v) is 11.5. The van der Waals surface area contributed by atoms with Crippen LogP contribution in [0.3, 0.4) is 0 Å². The molecule has 0 radical (unpaired) electrons. The molecule has 1 atom stereocenters. The Bertz CT molecular complexity index is 466.